The second-order valence-corrected chi connectivity index (χ2v) is 6.34. The lowest BCUT2D eigenvalue weighted by Crippen LogP contribution is -2.06. The van der Waals surface area contributed by atoms with Crippen molar-refractivity contribution in [3.63, 3.8) is 0 Å². The van der Waals surface area contributed by atoms with Gasteiger partial charge in [0.05, 0.1) is 11.1 Å². The van der Waals surface area contributed by atoms with Gasteiger partial charge in [0.15, 0.2) is 0 Å². The van der Waals surface area contributed by atoms with Crippen LogP contribution in [0.25, 0.3) is 11.0 Å². The fourth-order valence-corrected chi connectivity index (χ4v) is 3.00. The van der Waals surface area contributed by atoms with Crippen LogP contribution in [0.1, 0.15) is 24.3 Å². The third kappa shape index (κ3) is 2.81. The number of nitrogens with one attached hydrogen (secondary N) is 1. The average molecular weight is 365 g/mol. The number of aryl methyl sites for hydroxylation is 1. The summed E-state index contributed by atoms with van der Waals surface area (Å²) in [6.07, 6.45) is 0. The minimum atomic E-state index is 0.0745. The van der Waals surface area contributed by atoms with Crippen LogP contribution in [-0.4, -0.2) is 0 Å². The highest BCUT2D eigenvalue weighted by atomic mass is 79.9. The van der Waals surface area contributed by atoms with Crippen molar-refractivity contribution in [3.05, 3.63) is 63.3 Å². The molecule has 1 atom stereocenters. The molecule has 1 aromatic heterocycles. The normalized spacial score (nSPS) is 12.6. The van der Waals surface area contributed by atoms with Gasteiger partial charge in [-0.05, 0) is 54.0 Å². The molecule has 0 radical (unpaired) electrons. The molecule has 2 aromatic carbocycles. The maximum absolute atomic E-state index is 6.02. The first kappa shape index (κ1) is 14.5. The van der Waals surface area contributed by atoms with E-state index >= 15 is 0 Å². The summed E-state index contributed by atoms with van der Waals surface area (Å²) in [5.74, 6) is 0.960. The molecule has 3 aromatic rings. The summed E-state index contributed by atoms with van der Waals surface area (Å²) in [4.78, 5) is 0. The van der Waals surface area contributed by atoms with Gasteiger partial charge < -0.3 is 9.73 Å². The fourth-order valence-electron chi connectivity index (χ4n) is 2.51. The molecule has 108 valence electrons. The van der Waals surface area contributed by atoms with Gasteiger partial charge in [0.2, 0.25) is 0 Å². The van der Waals surface area contributed by atoms with Crippen molar-refractivity contribution in [2.24, 2.45) is 0 Å². The van der Waals surface area contributed by atoms with Crippen LogP contribution in [-0.2, 0) is 0 Å². The molecule has 0 bridgehead atoms. The van der Waals surface area contributed by atoms with Gasteiger partial charge in [-0.1, -0.05) is 29.8 Å². The predicted octanol–water partition coefficient (Wildman–Crippen LogP) is 6.33. The Bertz CT molecular complexity index is 797. The Morgan fingerprint density at radius 2 is 1.95 bits per heavy atom. The van der Waals surface area contributed by atoms with Crippen LogP contribution in [0.4, 0.5) is 5.69 Å². The second-order valence-electron chi connectivity index (χ2n) is 5.08. The van der Waals surface area contributed by atoms with E-state index in [4.69, 9.17) is 16.0 Å². The smallest absolute Gasteiger partial charge is 0.134 e. The van der Waals surface area contributed by atoms with E-state index in [-0.39, 0.29) is 6.04 Å². The minimum Gasteiger partial charge on any atom is -0.459 e. The second kappa shape index (κ2) is 5.74. The third-order valence-electron chi connectivity index (χ3n) is 3.58. The number of rotatable bonds is 3. The highest BCUT2D eigenvalue weighted by Crippen LogP contribution is 2.32. The first-order valence-electron chi connectivity index (χ1n) is 6.76. The highest BCUT2D eigenvalue weighted by Gasteiger charge is 2.16. The van der Waals surface area contributed by atoms with E-state index in [1.54, 1.807) is 0 Å². The van der Waals surface area contributed by atoms with E-state index in [1.807, 2.05) is 36.4 Å². The lowest BCUT2D eigenvalue weighted by molar-refractivity contribution is 0.522. The lowest BCUT2D eigenvalue weighted by Gasteiger charge is -2.14. The molecule has 0 aliphatic rings. The van der Waals surface area contributed by atoms with E-state index in [2.05, 4.69) is 41.2 Å². The molecule has 0 amide bonds. The van der Waals surface area contributed by atoms with E-state index in [0.717, 1.165) is 21.5 Å². The zero-order valence-corrected chi connectivity index (χ0v) is 14.1. The Kier molecular flexibility index (Phi) is 3.96. The van der Waals surface area contributed by atoms with Gasteiger partial charge in [-0.2, -0.15) is 0 Å². The van der Waals surface area contributed by atoms with Crippen molar-refractivity contribution in [3.8, 4) is 0 Å². The van der Waals surface area contributed by atoms with Crippen LogP contribution >= 0.6 is 27.5 Å². The fraction of sp³-hybridized carbons (Fsp3) is 0.176. The highest BCUT2D eigenvalue weighted by molar-refractivity contribution is 9.10. The monoisotopic (exact) mass is 363 g/mol. The standard InChI is InChI=1S/C17H15BrClNO/c1-10-13-5-3-4-6-16(13)21-17(10)11(2)20-12-7-8-15(19)14(18)9-12/h3-9,11,20H,1-2H3. The molecule has 0 aliphatic carbocycles. The average Bonchev–Trinajstić information content (AvgIpc) is 2.81. The van der Waals surface area contributed by atoms with Crippen LogP contribution in [0, 0.1) is 6.92 Å². The summed E-state index contributed by atoms with van der Waals surface area (Å²) in [7, 11) is 0. The Morgan fingerprint density at radius 1 is 1.19 bits per heavy atom. The van der Waals surface area contributed by atoms with Crippen molar-refractivity contribution in [1.82, 2.24) is 0 Å². The molecule has 1 unspecified atom stereocenters. The largest absolute Gasteiger partial charge is 0.459 e. The van der Waals surface area contributed by atoms with E-state index in [0.29, 0.717) is 5.02 Å². The van der Waals surface area contributed by atoms with Crippen molar-refractivity contribution in [2.45, 2.75) is 19.9 Å². The van der Waals surface area contributed by atoms with Crippen LogP contribution in [0.5, 0.6) is 0 Å². The number of benzene rings is 2. The summed E-state index contributed by atoms with van der Waals surface area (Å²) in [5, 5.41) is 5.31. The molecule has 2 nitrogen and oxygen atoms in total. The van der Waals surface area contributed by atoms with Crippen molar-refractivity contribution in [2.75, 3.05) is 5.32 Å². The zero-order valence-electron chi connectivity index (χ0n) is 11.8. The molecular formula is C17H15BrClNO. The molecule has 3 rings (SSSR count). The van der Waals surface area contributed by atoms with E-state index in [9.17, 15) is 0 Å². The number of anilines is 1. The van der Waals surface area contributed by atoms with Gasteiger partial charge in [-0.3, -0.25) is 0 Å². The number of fused-ring (bicyclic) bond motifs is 1. The van der Waals surface area contributed by atoms with Gasteiger partial charge in [-0.15, -0.1) is 0 Å². The van der Waals surface area contributed by atoms with Crippen LogP contribution in [0.15, 0.2) is 51.4 Å². The van der Waals surface area contributed by atoms with Crippen LogP contribution in [0.3, 0.4) is 0 Å². The first-order valence-corrected chi connectivity index (χ1v) is 7.93. The Balaban J connectivity index is 1.91. The minimum absolute atomic E-state index is 0.0745. The third-order valence-corrected chi connectivity index (χ3v) is 4.79. The number of furan rings is 1. The van der Waals surface area contributed by atoms with E-state index in [1.165, 1.54) is 10.9 Å². The summed E-state index contributed by atoms with van der Waals surface area (Å²) >= 11 is 9.46. The summed E-state index contributed by atoms with van der Waals surface area (Å²) in [6.45, 7) is 4.18. The molecule has 4 heteroatoms. The van der Waals surface area contributed by atoms with Gasteiger partial charge in [0, 0.05) is 21.1 Å². The van der Waals surface area contributed by atoms with Gasteiger partial charge in [0.1, 0.15) is 11.3 Å². The summed E-state index contributed by atoms with van der Waals surface area (Å²) < 4.78 is 6.86. The maximum atomic E-state index is 6.02. The lowest BCUT2D eigenvalue weighted by atomic mass is 10.1. The van der Waals surface area contributed by atoms with Crippen molar-refractivity contribution < 1.29 is 4.42 Å². The molecule has 0 saturated heterocycles. The van der Waals surface area contributed by atoms with Crippen molar-refractivity contribution in [1.29, 1.82) is 0 Å². The number of para-hydroxylation sites is 1. The Labute approximate surface area is 137 Å². The quantitative estimate of drug-likeness (QED) is 0.587. The zero-order chi connectivity index (χ0) is 15.0. The molecule has 1 N–H and O–H groups in total. The molecule has 0 spiro atoms. The Morgan fingerprint density at radius 3 is 2.67 bits per heavy atom. The van der Waals surface area contributed by atoms with Gasteiger partial charge >= 0.3 is 0 Å². The predicted molar refractivity (Wildman–Crippen MR) is 92.1 cm³/mol. The molecule has 21 heavy (non-hydrogen) atoms. The molecule has 0 saturated carbocycles. The molecule has 0 fully saturated rings. The van der Waals surface area contributed by atoms with Gasteiger partial charge in [0.25, 0.3) is 0 Å². The Hall–Kier alpha value is -1.45. The number of halogens is 2. The van der Waals surface area contributed by atoms with E-state index < -0.39 is 0 Å². The molecular weight excluding hydrogens is 350 g/mol. The SMILES string of the molecule is Cc1c(C(C)Nc2ccc(Cl)c(Br)c2)oc2ccccc12. The maximum Gasteiger partial charge on any atom is 0.134 e. The van der Waals surface area contributed by atoms with Crippen LogP contribution in [0.2, 0.25) is 5.02 Å². The number of hydrogen-bond acceptors (Lipinski definition) is 2. The molecule has 0 aliphatic heterocycles. The number of hydrogen-bond donors (Lipinski definition) is 1. The summed E-state index contributed by atoms with van der Waals surface area (Å²) in [5.41, 5.74) is 3.10. The molecule has 1 heterocycles. The first-order chi connectivity index (χ1) is 10.1. The topological polar surface area (TPSA) is 25.2 Å². The van der Waals surface area contributed by atoms with Crippen molar-refractivity contribution >= 4 is 44.2 Å². The van der Waals surface area contributed by atoms with Gasteiger partial charge in [-0.25, -0.2) is 0 Å². The summed E-state index contributed by atoms with van der Waals surface area (Å²) in [6, 6.07) is 14.0. The van der Waals surface area contributed by atoms with Crippen LogP contribution < -0.4 is 5.32 Å².